The Labute approximate surface area is 92.6 Å². The van der Waals surface area contributed by atoms with Crippen LogP contribution in [0.5, 0.6) is 0 Å². The van der Waals surface area contributed by atoms with Gasteiger partial charge in [-0.25, -0.2) is 0 Å². The quantitative estimate of drug-likeness (QED) is 0.367. The van der Waals surface area contributed by atoms with Gasteiger partial charge in [0.05, 0.1) is 6.42 Å². The van der Waals surface area contributed by atoms with Crippen LogP contribution < -0.4 is 10.6 Å². The smallest absolute Gasteiger partial charge is 0.246 e. The summed E-state index contributed by atoms with van der Waals surface area (Å²) in [6, 6.07) is 0.581. The van der Waals surface area contributed by atoms with E-state index in [1.807, 2.05) is 12.2 Å². The predicted molar refractivity (Wildman–Crippen MR) is 65.5 cm³/mol. The van der Waals surface area contributed by atoms with E-state index in [-0.39, 0.29) is 0 Å². The Morgan fingerprint density at radius 3 is 3.00 bits per heavy atom. The zero-order chi connectivity index (χ0) is 11.1. The van der Waals surface area contributed by atoms with Gasteiger partial charge >= 0.3 is 0 Å². The topological polar surface area (TPSA) is 27.1 Å². The largest absolute Gasteiger partial charge is 0.313 e. The van der Waals surface area contributed by atoms with Crippen LogP contribution in [-0.2, 0) is 0 Å². The highest BCUT2D eigenvalue weighted by Gasteiger charge is 2.25. The summed E-state index contributed by atoms with van der Waals surface area (Å²) in [5, 5.41) is 6.76. The maximum atomic E-state index is 3.79. The molecule has 1 atom stereocenters. The van der Waals surface area contributed by atoms with E-state index in [0.717, 1.165) is 32.6 Å². The summed E-state index contributed by atoms with van der Waals surface area (Å²) in [7, 11) is 0. The Balaban J connectivity index is 2.42. The van der Waals surface area contributed by atoms with Gasteiger partial charge in [0.15, 0.2) is 0 Å². The molecule has 0 radical (unpaired) electrons. The van der Waals surface area contributed by atoms with Crippen molar-refractivity contribution in [3.05, 3.63) is 25.3 Å². The Kier molecular flexibility index (Phi) is 5.12. The summed E-state index contributed by atoms with van der Waals surface area (Å²) in [5.74, 6) is 1.33. The SMILES string of the molecule is C=CCNCCC1=[N+](CC=C)C(C)CN1. The number of hydrogen-bond acceptors (Lipinski definition) is 2. The Morgan fingerprint density at radius 1 is 1.53 bits per heavy atom. The first-order valence-electron chi connectivity index (χ1n) is 5.58. The predicted octanol–water partition coefficient (Wildman–Crippen LogP) is 0.741. The standard InChI is InChI=1S/C12H21N3/c1-4-7-13-8-6-12-14-10-11(3)15(12)9-5-2/h4-5,11,13H,1-2,6-10H2,3H3/p+1. The summed E-state index contributed by atoms with van der Waals surface area (Å²) in [6.45, 7) is 13.6. The number of nitrogens with one attached hydrogen (secondary N) is 2. The minimum Gasteiger partial charge on any atom is -0.313 e. The Bertz CT molecular complexity index is 256. The minimum atomic E-state index is 0.581. The number of amidine groups is 1. The molecule has 0 aromatic rings. The molecule has 1 heterocycles. The number of rotatable bonds is 7. The molecule has 0 aliphatic carbocycles. The van der Waals surface area contributed by atoms with Gasteiger partial charge in [0, 0.05) is 13.1 Å². The van der Waals surface area contributed by atoms with Gasteiger partial charge in [0.2, 0.25) is 5.84 Å². The number of nitrogens with zero attached hydrogens (tertiary/aromatic N) is 1. The van der Waals surface area contributed by atoms with E-state index in [1.54, 1.807) is 0 Å². The summed E-state index contributed by atoms with van der Waals surface area (Å²) in [5.41, 5.74) is 0. The molecule has 0 fully saturated rings. The molecule has 0 amide bonds. The third kappa shape index (κ3) is 3.51. The molecule has 0 aromatic carbocycles. The molecule has 0 saturated heterocycles. The van der Waals surface area contributed by atoms with Gasteiger partial charge in [-0.15, -0.1) is 6.58 Å². The van der Waals surface area contributed by atoms with Crippen molar-refractivity contribution < 1.29 is 4.58 Å². The molecule has 1 aliphatic rings. The highest BCUT2D eigenvalue weighted by Crippen LogP contribution is 2.00. The van der Waals surface area contributed by atoms with Gasteiger partial charge in [-0.1, -0.05) is 18.7 Å². The van der Waals surface area contributed by atoms with Crippen LogP contribution in [0.3, 0.4) is 0 Å². The summed E-state index contributed by atoms with van der Waals surface area (Å²) in [6.07, 6.45) is 4.89. The van der Waals surface area contributed by atoms with Crippen LogP contribution in [-0.4, -0.2) is 42.6 Å². The maximum Gasteiger partial charge on any atom is 0.246 e. The van der Waals surface area contributed by atoms with Gasteiger partial charge in [0.25, 0.3) is 0 Å². The normalized spacial score (nSPS) is 20.2. The second-order valence-electron chi connectivity index (χ2n) is 3.86. The van der Waals surface area contributed by atoms with Crippen molar-refractivity contribution in [1.29, 1.82) is 0 Å². The van der Waals surface area contributed by atoms with E-state index < -0.39 is 0 Å². The van der Waals surface area contributed by atoms with Crippen molar-refractivity contribution in [3.8, 4) is 0 Å². The molecule has 1 rings (SSSR count). The number of hydrogen-bond donors (Lipinski definition) is 2. The van der Waals surface area contributed by atoms with Crippen molar-refractivity contribution in [2.24, 2.45) is 0 Å². The van der Waals surface area contributed by atoms with E-state index in [2.05, 4.69) is 35.3 Å². The molecule has 1 aliphatic heterocycles. The fourth-order valence-electron chi connectivity index (χ4n) is 1.82. The first-order chi connectivity index (χ1) is 7.29. The summed E-state index contributed by atoms with van der Waals surface area (Å²) in [4.78, 5) is 0. The second kappa shape index (κ2) is 6.40. The van der Waals surface area contributed by atoms with Crippen LogP contribution in [0.2, 0.25) is 0 Å². The summed E-state index contributed by atoms with van der Waals surface area (Å²) >= 11 is 0. The molecular formula is C12H22N3+. The van der Waals surface area contributed by atoms with Gasteiger partial charge in [-0.05, 0) is 6.92 Å². The molecule has 0 bridgehead atoms. The fraction of sp³-hybridized carbons (Fsp3) is 0.583. The van der Waals surface area contributed by atoms with Crippen molar-refractivity contribution >= 4 is 5.84 Å². The van der Waals surface area contributed by atoms with Gasteiger partial charge in [-0.2, -0.15) is 0 Å². The average molecular weight is 208 g/mol. The Hall–Kier alpha value is -1.09. The van der Waals surface area contributed by atoms with Gasteiger partial charge in [0.1, 0.15) is 19.1 Å². The highest BCUT2D eigenvalue weighted by atomic mass is 15.2. The van der Waals surface area contributed by atoms with Crippen LogP contribution in [0.1, 0.15) is 13.3 Å². The van der Waals surface area contributed by atoms with Gasteiger partial charge < -0.3 is 5.32 Å². The molecule has 3 heteroatoms. The third-order valence-electron chi connectivity index (χ3n) is 2.63. The monoisotopic (exact) mass is 208 g/mol. The summed E-state index contributed by atoms with van der Waals surface area (Å²) < 4.78 is 2.38. The molecule has 0 aromatic heterocycles. The minimum absolute atomic E-state index is 0.581. The van der Waals surface area contributed by atoms with E-state index in [0.29, 0.717) is 6.04 Å². The molecular weight excluding hydrogens is 186 g/mol. The molecule has 15 heavy (non-hydrogen) atoms. The zero-order valence-electron chi connectivity index (χ0n) is 9.63. The molecule has 84 valence electrons. The van der Waals surface area contributed by atoms with Crippen molar-refractivity contribution in [2.45, 2.75) is 19.4 Å². The lowest BCUT2D eigenvalue weighted by atomic mass is 10.3. The van der Waals surface area contributed by atoms with Crippen LogP contribution in [0.25, 0.3) is 0 Å². The lowest BCUT2D eigenvalue weighted by molar-refractivity contribution is -0.543. The molecule has 0 spiro atoms. The molecule has 2 N–H and O–H groups in total. The van der Waals surface area contributed by atoms with Crippen LogP contribution in [0.4, 0.5) is 0 Å². The van der Waals surface area contributed by atoms with Crippen molar-refractivity contribution in [3.63, 3.8) is 0 Å². The van der Waals surface area contributed by atoms with Crippen molar-refractivity contribution in [1.82, 2.24) is 10.6 Å². The van der Waals surface area contributed by atoms with Crippen LogP contribution in [0, 0.1) is 0 Å². The van der Waals surface area contributed by atoms with Crippen molar-refractivity contribution in [2.75, 3.05) is 26.2 Å². The van der Waals surface area contributed by atoms with Crippen LogP contribution in [0.15, 0.2) is 25.3 Å². The molecule has 3 nitrogen and oxygen atoms in total. The lowest BCUT2D eigenvalue weighted by Crippen LogP contribution is -2.28. The Morgan fingerprint density at radius 2 is 2.33 bits per heavy atom. The zero-order valence-corrected chi connectivity index (χ0v) is 9.63. The average Bonchev–Trinajstić information content (AvgIpc) is 2.57. The molecule has 1 unspecified atom stereocenters. The fourth-order valence-corrected chi connectivity index (χ4v) is 1.82. The maximum absolute atomic E-state index is 3.79. The first-order valence-corrected chi connectivity index (χ1v) is 5.58. The second-order valence-corrected chi connectivity index (χ2v) is 3.86. The first kappa shape index (κ1) is 12.0. The van der Waals surface area contributed by atoms with Crippen LogP contribution >= 0.6 is 0 Å². The van der Waals surface area contributed by atoms with E-state index in [1.165, 1.54) is 5.84 Å². The van der Waals surface area contributed by atoms with E-state index in [4.69, 9.17) is 0 Å². The van der Waals surface area contributed by atoms with Gasteiger partial charge in [-0.3, -0.25) is 9.89 Å². The highest BCUT2D eigenvalue weighted by molar-refractivity contribution is 5.78. The third-order valence-corrected chi connectivity index (χ3v) is 2.63. The van der Waals surface area contributed by atoms with E-state index in [9.17, 15) is 0 Å². The lowest BCUT2D eigenvalue weighted by Gasteiger charge is -2.05. The molecule has 0 saturated carbocycles. The van der Waals surface area contributed by atoms with E-state index >= 15 is 0 Å².